The van der Waals surface area contributed by atoms with Crippen LogP contribution in [-0.4, -0.2) is 53.6 Å². The van der Waals surface area contributed by atoms with Crippen molar-refractivity contribution in [3.63, 3.8) is 0 Å². The fraction of sp³-hybridized carbons (Fsp3) is 1.00. The molecule has 1 atom stereocenters. The Labute approximate surface area is 128 Å². The third-order valence-electron chi connectivity index (χ3n) is 2.76. The maximum absolute atomic E-state index is 13.1. The van der Waals surface area contributed by atoms with E-state index in [2.05, 4.69) is 4.74 Å². The molecule has 0 N–H and O–H groups in total. The molecule has 144 valence electrons. The molecular weight excluding hydrogens is 403 g/mol. The zero-order valence-corrected chi connectivity index (χ0v) is 11.5. The van der Waals surface area contributed by atoms with Gasteiger partial charge in [0.15, 0.2) is 0 Å². The highest BCUT2D eigenvalue weighted by Gasteiger charge is 2.90. The average molecular weight is 408 g/mol. The summed E-state index contributed by atoms with van der Waals surface area (Å²) >= 11 is -1.33. The van der Waals surface area contributed by atoms with Crippen molar-refractivity contribution in [3.8, 4) is 0 Å². The van der Waals surface area contributed by atoms with Gasteiger partial charge in [0.05, 0.1) is 12.7 Å². The molecule has 1 rings (SSSR count). The van der Waals surface area contributed by atoms with E-state index in [0.717, 1.165) is 0 Å². The Hall–Kier alpha value is -0.600. The second kappa shape index (κ2) is 5.71. The van der Waals surface area contributed by atoms with E-state index in [0.29, 0.717) is 0 Å². The van der Waals surface area contributed by atoms with Crippen molar-refractivity contribution in [2.75, 3.05) is 12.4 Å². The normalized spacial score (nSPS) is 21.1. The van der Waals surface area contributed by atoms with Crippen LogP contribution in [0.5, 0.6) is 0 Å². The maximum Gasteiger partial charge on any atom is 0.460 e. The summed E-state index contributed by atoms with van der Waals surface area (Å²) in [5.41, 5.74) is 0. The van der Waals surface area contributed by atoms with Crippen molar-refractivity contribution < 1.29 is 61.8 Å². The van der Waals surface area contributed by atoms with Crippen molar-refractivity contribution in [2.45, 2.75) is 41.2 Å². The molecule has 15 heteroatoms. The first-order valence-corrected chi connectivity index (χ1v) is 6.53. The third-order valence-corrected chi connectivity index (χ3v) is 3.91. The summed E-state index contributed by atoms with van der Waals surface area (Å²) < 4.78 is 169. The Bertz CT molecular complexity index is 467. The van der Waals surface area contributed by atoms with Crippen LogP contribution in [0.1, 0.15) is 0 Å². The summed E-state index contributed by atoms with van der Waals surface area (Å²) in [6.45, 7) is -0.229. The number of halogens is 13. The minimum absolute atomic E-state index is 0.229. The summed E-state index contributed by atoms with van der Waals surface area (Å²) in [5, 5.41) is -6.08. The SMILES string of the molecule is FC(F)(F)C(F)(F)C(F)(F)C(F)(F)C(F)(F)C(F)(F)SCC1CO1. The van der Waals surface area contributed by atoms with Gasteiger partial charge in [-0.3, -0.25) is 0 Å². The van der Waals surface area contributed by atoms with Crippen molar-refractivity contribution >= 4 is 11.8 Å². The monoisotopic (exact) mass is 408 g/mol. The van der Waals surface area contributed by atoms with Gasteiger partial charge in [0, 0.05) is 5.75 Å². The van der Waals surface area contributed by atoms with Crippen molar-refractivity contribution in [1.82, 2.24) is 0 Å². The van der Waals surface area contributed by atoms with Crippen molar-refractivity contribution in [3.05, 3.63) is 0 Å². The van der Waals surface area contributed by atoms with Crippen LogP contribution >= 0.6 is 11.8 Å². The predicted octanol–water partition coefficient (Wildman–Crippen LogP) is 4.81. The Balaban J connectivity index is 3.22. The highest BCUT2D eigenvalue weighted by atomic mass is 32.2. The number of alkyl halides is 13. The number of hydrogen-bond donors (Lipinski definition) is 0. The quantitative estimate of drug-likeness (QED) is 0.443. The summed E-state index contributed by atoms with van der Waals surface area (Å²) in [7, 11) is 0. The van der Waals surface area contributed by atoms with Crippen LogP contribution in [0.2, 0.25) is 0 Å². The molecule has 0 radical (unpaired) electrons. The lowest BCUT2D eigenvalue weighted by molar-refractivity contribution is -0.433. The summed E-state index contributed by atoms with van der Waals surface area (Å²) in [6, 6.07) is 0. The first-order valence-electron chi connectivity index (χ1n) is 5.54. The molecule has 0 aromatic heterocycles. The van der Waals surface area contributed by atoms with Crippen LogP contribution in [0.4, 0.5) is 57.1 Å². The van der Waals surface area contributed by atoms with Crippen LogP contribution in [0.15, 0.2) is 0 Å². The zero-order chi connectivity index (χ0) is 19.4. The van der Waals surface area contributed by atoms with E-state index in [-0.39, 0.29) is 6.61 Å². The van der Waals surface area contributed by atoms with E-state index in [1.165, 1.54) is 0 Å². The van der Waals surface area contributed by atoms with Crippen LogP contribution in [0.25, 0.3) is 0 Å². The number of hydrogen-bond acceptors (Lipinski definition) is 2. The molecule has 0 aliphatic carbocycles. The number of rotatable bonds is 7. The van der Waals surface area contributed by atoms with Crippen LogP contribution in [-0.2, 0) is 4.74 Å². The van der Waals surface area contributed by atoms with Gasteiger partial charge in [-0.15, -0.1) is 0 Å². The van der Waals surface area contributed by atoms with Gasteiger partial charge in [0.2, 0.25) is 0 Å². The topological polar surface area (TPSA) is 12.5 Å². The molecule has 1 unspecified atom stereocenters. The second-order valence-electron chi connectivity index (χ2n) is 4.58. The number of ether oxygens (including phenoxy) is 1. The highest BCUT2D eigenvalue weighted by Crippen LogP contribution is 2.62. The standard InChI is InChI=1S/C9H5F13OS/c10-4(11,6(14,15)8(18,19)20)5(12,13)7(16,17)9(21,22)24-2-3-1-23-3/h3H,1-2H2. The molecule has 0 aromatic carbocycles. The number of epoxide rings is 1. The molecule has 1 nitrogen and oxygen atoms in total. The average Bonchev–Trinajstić information content (AvgIpc) is 3.18. The molecule has 1 aliphatic rings. The van der Waals surface area contributed by atoms with Gasteiger partial charge in [-0.1, -0.05) is 11.8 Å². The molecule has 0 bridgehead atoms. The summed E-state index contributed by atoms with van der Waals surface area (Å²) in [6.07, 6.45) is -8.47. The molecule has 1 aliphatic heterocycles. The van der Waals surface area contributed by atoms with Gasteiger partial charge in [0.25, 0.3) is 0 Å². The smallest absolute Gasteiger partial charge is 0.372 e. The second-order valence-corrected chi connectivity index (χ2v) is 5.71. The van der Waals surface area contributed by atoms with Crippen LogP contribution < -0.4 is 0 Å². The highest BCUT2D eigenvalue weighted by molar-refractivity contribution is 8.00. The Kier molecular flexibility index (Phi) is 5.10. The van der Waals surface area contributed by atoms with E-state index < -0.39 is 58.7 Å². The van der Waals surface area contributed by atoms with Gasteiger partial charge >= 0.3 is 35.1 Å². The largest absolute Gasteiger partial charge is 0.460 e. The molecule has 0 aromatic rings. The maximum atomic E-state index is 13.1. The lowest BCUT2D eigenvalue weighted by Crippen LogP contribution is -2.69. The van der Waals surface area contributed by atoms with Gasteiger partial charge in [0.1, 0.15) is 0 Å². The van der Waals surface area contributed by atoms with Crippen molar-refractivity contribution in [1.29, 1.82) is 0 Å². The Morgan fingerprint density at radius 1 is 0.667 bits per heavy atom. The van der Waals surface area contributed by atoms with Gasteiger partial charge in [-0.2, -0.15) is 57.1 Å². The lowest BCUT2D eigenvalue weighted by Gasteiger charge is -2.39. The first kappa shape index (κ1) is 21.4. The molecule has 24 heavy (non-hydrogen) atoms. The third kappa shape index (κ3) is 3.12. The van der Waals surface area contributed by atoms with Crippen LogP contribution in [0, 0.1) is 0 Å². The lowest BCUT2D eigenvalue weighted by atomic mass is 9.98. The molecule has 1 fully saturated rings. The van der Waals surface area contributed by atoms with E-state index in [9.17, 15) is 57.1 Å². The Morgan fingerprint density at radius 2 is 1.04 bits per heavy atom. The first-order chi connectivity index (χ1) is 10.3. The van der Waals surface area contributed by atoms with Gasteiger partial charge < -0.3 is 4.74 Å². The van der Waals surface area contributed by atoms with Crippen molar-refractivity contribution in [2.24, 2.45) is 0 Å². The van der Waals surface area contributed by atoms with E-state index in [4.69, 9.17) is 0 Å². The molecule has 1 heterocycles. The molecule has 0 amide bonds. The molecule has 0 saturated carbocycles. The number of thioether (sulfide) groups is 1. The fourth-order valence-corrected chi connectivity index (χ4v) is 2.10. The van der Waals surface area contributed by atoms with Gasteiger partial charge in [-0.25, -0.2) is 0 Å². The predicted molar refractivity (Wildman–Crippen MR) is 53.0 cm³/mol. The van der Waals surface area contributed by atoms with E-state index >= 15 is 0 Å². The Morgan fingerprint density at radius 3 is 1.38 bits per heavy atom. The van der Waals surface area contributed by atoms with E-state index in [1.54, 1.807) is 0 Å². The zero-order valence-electron chi connectivity index (χ0n) is 10.7. The molecular formula is C9H5F13OS. The van der Waals surface area contributed by atoms with Crippen LogP contribution in [0.3, 0.4) is 0 Å². The molecule has 1 saturated heterocycles. The fourth-order valence-electron chi connectivity index (χ4n) is 1.21. The minimum atomic E-state index is -7.85. The van der Waals surface area contributed by atoms with Gasteiger partial charge in [-0.05, 0) is 0 Å². The summed E-state index contributed by atoms with van der Waals surface area (Å²) in [5.74, 6) is -31.6. The van der Waals surface area contributed by atoms with E-state index in [1.807, 2.05) is 0 Å². The molecule has 0 spiro atoms. The minimum Gasteiger partial charge on any atom is -0.372 e. The summed E-state index contributed by atoms with van der Waals surface area (Å²) in [4.78, 5) is 0.